The number of aryl methyl sites for hydroxylation is 3. The van der Waals surface area contributed by atoms with Gasteiger partial charge >= 0.3 is 0 Å². The minimum absolute atomic E-state index is 0.00510. The molecule has 0 unspecified atom stereocenters. The highest BCUT2D eigenvalue weighted by molar-refractivity contribution is 5.81. The molecule has 2 aromatic carbocycles. The van der Waals surface area contributed by atoms with Crippen molar-refractivity contribution in [2.24, 2.45) is 0 Å². The molecule has 1 N–H and O–H groups in total. The SMILES string of the molecule is CC[C@H](Oc1ccc(C)c(C)c1)C(=O)N[C@@H](CC)c1ccc(C)cc1. The number of hydrogen-bond donors (Lipinski definition) is 1. The van der Waals surface area contributed by atoms with Crippen LogP contribution in [0.3, 0.4) is 0 Å². The molecule has 0 saturated carbocycles. The second-order valence-corrected chi connectivity index (χ2v) is 6.64. The van der Waals surface area contributed by atoms with Gasteiger partial charge in [0.25, 0.3) is 5.91 Å². The van der Waals surface area contributed by atoms with Gasteiger partial charge < -0.3 is 10.1 Å². The van der Waals surface area contributed by atoms with Crippen LogP contribution >= 0.6 is 0 Å². The lowest BCUT2D eigenvalue weighted by Gasteiger charge is -2.23. The first-order valence-corrected chi connectivity index (χ1v) is 9.05. The fraction of sp³-hybridized carbons (Fsp3) is 0.409. The van der Waals surface area contributed by atoms with Crippen molar-refractivity contribution in [1.29, 1.82) is 0 Å². The summed E-state index contributed by atoms with van der Waals surface area (Å²) in [6.07, 6.45) is 0.986. The molecular weight excluding hydrogens is 310 g/mol. The average molecular weight is 339 g/mol. The quantitative estimate of drug-likeness (QED) is 0.768. The zero-order valence-corrected chi connectivity index (χ0v) is 15.9. The second-order valence-electron chi connectivity index (χ2n) is 6.64. The molecule has 0 bridgehead atoms. The zero-order chi connectivity index (χ0) is 18.4. The summed E-state index contributed by atoms with van der Waals surface area (Å²) in [6, 6.07) is 14.3. The molecule has 0 radical (unpaired) electrons. The van der Waals surface area contributed by atoms with Crippen LogP contribution in [-0.2, 0) is 4.79 Å². The van der Waals surface area contributed by atoms with E-state index in [9.17, 15) is 4.79 Å². The lowest BCUT2D eigenvalue weighted by molar-refractivity contribution is -0.128. The number of hydrogen-bond acceptors (Lipinski definition) is 2. The molecule has 3 nitrogen and oxygen atoms in total. The average Bonchev–Trinajstić information content (AvgIpc) is 2.61. The highest BCUT2D eigenvalue weighted by Crippen LogP contribution is 2.21. The summed E-state index contributed by atoms with van der Waals surface area (Å²) < 4.78 is 5.95. The van der Waals surface area contributed by atoms with Crippen LogP contribution in [0.4, 0.5) is 0 Å². The zero-order valence-electron chi connectivity index (χ0n) is 15.9. The first-order valence-electron chi connectivity index (χ1n) is 9.05. The molecule has 0 saturated heterocycles. The molecular formula is C22H29NO2. The van der Waals surface area contributed by atoms with Crippen molar-refractivity contribution in [2.75, 3.05) is 0 Å². The Morgan fingerprint density at radius 1 is 0.960 bits per heavy atom. The van der Waals surface area contributed by atoms with E-state index >= 15 is 0 Å². The molecule has 25 heavy (non-hydrogen) atoms. The van der Waals surface area contributed by atoms with Crippen LogP contribution in [0.15, 0.2) is 42.5 Å². The minimum atomic E-state index is -0.485. The smallest absolute Gasteiger partial charge is 0.261 e. The molecule has 1 amide bonds. The number of nitrogens with one attached hydrogen (secondary N) is 1. The third kappa shape index (κ3) is 5.09. The molecule has 2 rings (SSSR count). The lowest BCUT2D eigenvalue weighted by atomic mass is 10.0. The first kappa shape index (κ1) is 19.0. The first-order chi connectivity index (χ1) is 11.9. The molecule has 0 aliphatic rings. The third-order valence-corrected chi connectivity index (χ3v) is 4.62. The maximum atomic E-state index is 12.7. The highest BCUT2D eigenvalue weighted by atomic mass is 16.5. The van der Waals surface area contributed by atoms with E-state index < -0.39 is 6.10 Å². The Bertz CT molecular complexity index is 706. The number of benzene rings is 2. The molecule has 0 heterocycles. The van der Waals surface area contributed by atoms with Gasteiger partial charge in [0.1, 0.15) is 5.75 Å². The molecule has 0 aromatic heterocycles. The number of ether oxygens (including phenoxy) is 1. The van der Waals surface area contributed by atoms with Crippen molar-refractivity contribution in [3.05, 3.63) is 64.7 Å². The Balaban J connectivity index is 2.07. The van der Waals surface area contributed by atoms with Gasteiger partial charge in [-0.15, -0.1) is 0 Å². The second kappa shape index (κ2) is 8.70. The van der Waals surface area contributed by atoms with E-state index in [-0.39, 0.29) is 11.9 Å². The van der Waals surface area contributed by atoms with Gasteiger partial charge in [-0.05, 0) is 62.4 Å². The Morgan fingerprint density at radius 3 is 2.20 bits per heavy atom. The van der Waals surface area contributed by atoms with Gasteiger partial charge in [0.15, 0.2) is 6.10 Å². The fourth-order valence-corrected chi connectivity index (χ4v) is 2.76. The van der Waals surface area contributed by atoms with Crippen molar-refractivity contribution < 1.29 is 9.53 Å². The Labute approximate surface area is 151 Å². The summed E-state index contributed by atoms with van der Waals surface area (Å²) >= 11 is 0. The Kier molecular flexibility index (Phi) is 6.63. The van der Waals surface area contributed by atoms with Crippen molar-refractivity contribution >= 4 is 5.91 Å². The van der Waals surface area contributed by atoms with E-state index in [1.54, 1.807) is 0 Å². The van der Waals surface area contributed by atoms with Crippen LogP contribution < -0.4 is 10.1 Å². The van der Waals surface area contributed by atoms with E-state index in [0.717, 1.165) is 17.7 Å². The summed E-state index contributed by atoms with van der Waals surface area (Å²) in [5, 5.41) is 3.14. The van der Waals surface area contributed by atoms with Gasteiger partial charge in [0.2, 0.25) is 0 Å². The van der Waals surface area contributed by atoms with Crippen molar-refractivity contribution in [3.8, 4) is 5.75 Å². The molecule has 2 atom stereocenters. The molecule has 0 aliphatic heterocycles. The Morgan fingerprint density at radius 2 is 1.64 bits per heavy atom. The molecule has 0 aliphatic carbocycles. The van der Waals surface area contributed by atoms with Gasteiger partial charge in [0, 0.05) is 0 Å². The number of carbonyl (C=O) groups excluding carboxylic acids is 1. The monoisotopic (exact) mass is 339 g/mol. The van der Waals surface area contributed by atoms with E-state index in [0.29, 0.717) is 6.42 Å². The molecule has 3 heteroatoms. The van der Waals surface area contributed by atoms with Crippen LogP contribution in [0.5, 0.6) is 5.75 Å². The predicted octanol–water partition coefficient (Wildman–Crippen LogP) is 5.04. The Hall–Kier alpha value is -2.29. The molecule has 0 spiro atoms. The summed E-state index contributed by atoms with van der Waals surface area (Å²) in [4.78, 5) is 12.7. The van der Waals surface area contributed by atoms with E-state index in [2.05, 4.69) is 50.4 Å². The van der Waals surface area contributed by atoms with E-state index in [1.807, 2.05) is 32.0 Å². The maximum Gasteiger partial charge on any atom is 0.261 e. The molecule has 2 aromatic rings. The fourth-order valence-electron chi connectivity index (χ4n) is 2.76. The van der Waals surface area contributed by atoms with Crippen molar-refractivity contribution in [1.82, 2.24) is 5.32 Å². The maximum absolute atomic E-state index is 12.7. The number of rotatable bonds is 7. The number of carbonyl (C=O) groups is 1. The summed E-state index contributed by atoms with van der Waals surface area (Å²) in [6.45, 7) is 10.2. The summed E-state index contributed by atoms with van der Waals surface area (Å²) in [5.74, 6) is 0.682. The standard InChI is InChI=1S/C22H29NO2/c1-6-20(18-11-8-15(3)9-12-18)23-22(24)21(7-2)25-19-13-10-16(4)17(5)14-19/h8-14,20-21H,6-7H2,1-5H3,(H,23,24)/t20-,21-/m0/s1. The van der Waals surface area contributed by atoms with Crippen LogP contribution in [0.1, 0.15) is 55.0 Å². The molecule has 134 valence electrons. The van der Waals surface area contributed by atoms with E-state index in [1.165, 1.54) is 16.7 Å². The minimum Gasteiger partial charge on any atom is -0.481 e. The summed E-state index contributed by atoms with van der Waals surface area (Å²) in [7, 11) is 0. The van der Waals surface area contributed by atoms with Gasteiger partial charge in [0.05, 0.1) is 6.04 Å². The lowest BCUT2D eigenvalue weighted by Crippen LogP contribution is -2.39. The van der Waals surface area contributed by atoms with Crippen LogP contribution in [-0.4, -0.2) is 12.0 Å². The van der Waals surface area contributed by atoms with Crippen LogP contribution in [0.2, 0.25) is 0 Å². The summed E-state index contributed by atoms with van der Waals surface area (Å²) in [5.41, 5.74) is 4.73. The highest BCUT2D eigenvalue weighted by Gasteiger charge is 2.22. The van der Waals surface area contributed by atoms with Crippen molar-refractivity contribution in [2.45, 2.75) is 59.6 Å². The number of amides is 1. The van der Waals surface area contributed by atoms with E-state index in [4.69, 9.17) is 4.74 Å². The normalized spacial score (nSPS) is 13.2. The van der Waals surface area contributed by atoms with Crippen LogP contribution in [0.25, 0.3) is 0 Å². The largest absolute Gasteiger partial charge is 0.481 e. The van der Waals surface area contributed by atoms with Crippen molar-refractivity contribution in [3.63, 3.8) is 0 Å². The van der Waals surface area contributed by atoms with Gasteiger partial charge in [-0.1, -0.05) is 49.7 Å². The van der Waals surface area contributed by atoms with Gasteiger partial charge in [-0.25, -0.2) is 0 Å². The van der Waals surface area contributed by atoms with Gasteiger partial charge in [-0.2, -0.15) is 0 Å². The van der Waals surface area contributed by atoms with Crippen LogP contribution in [0, 0.1) is 20.8 Å². The third-order valence-electron chi connectivity index (χ3n) is 4.62. The predicted molar refractivity (Wildman–Crippen MR) is 103 cm³/mol. The molecule has 0 fully saturated rings. The topological polar surface area (TPSA) is 38.3 Å². The van der Waals surface area contributed by atoms with Gasteiger partial charge in [-0.3, -0.25) is 4.79 Å².